The van der Waals surface area contributed by atoms with E-state index in [1.54, 1.807) is 32.4 Å². The van der Waals surface area contributed by atoms with Crippen molar-refractivity contribution in [1.29, 1.82) is 0 Å². The number of amides is 1. The summed E-state index contributed by atoms with van der Waals surface area (Å²) in [5.74, 6) is 1.25. The van der Waals surface area contributed by atoms with Crippen molar-refractivity contribution in [2.45, 2.75) is 13.0 Å². The molecular weight excluding hydrogens is 270 g/mol. The van der Waals surface area contributed by atoms with E-state index < -0.39 is 0 Å². The number of hydrogen-bond acceptors (Lipinski definition) is 5. The van der Waals surface area contributed by atoms with Crippen LogP contribution in [-0.4, -0.2) is 57.2 Å². The van der Waals surface area contributed by atoms with E-state index in [-0.39, 0.29) is 5.91 Å². The molecule has 1 saturated heterocycles. The average molecular weight is 293 g/mol. The van der Waals surface area contributed by atoms with Gasteiger partial charge in [-0.25, -0.2) is 0 Å². The molecule has 0 spiro atoms. The molecule has 0 bridgehead atoms. The number of piperazine rings is 1. The van der Waals surface area contributed by atoms with E-state index in [4.69, 9.17) is 9.47 Å². The van der Waals surface area contributed by atoms with Crippen molar-refractivity contribution in [3.05, 3.63) is 18.2 Å². The number of methoxy groups -OCH3 is 2. The van der Waals surface area contributed by atoms with Crippen molar-refractivity contribution in [2.24, 2.45) is 0 Å². The molecule has 6 heteroatoms. The zero-order valence-electron chi connectivity index (χ0n) is 12.8. The second-order valence-electron chi connectivity index (χ2n) is 5.14. The lowest BCUT2D eigenvalue weighted by atomic mass is 10.2. The van der Waals surface area contributed by atoms with Gasteiger partial charge in [0.2, 0.25) is 5.91 Å². The highest BCUT2D eigenvalue weighted by molar-refractivity contribution is 5.93. The van der Waals surface area contributed by atoms with Crippen molar-refractivity contribution in [2.75, 3.05) is 45.7 Å². The fourth-order valence-corrected chi connectivity index (χ4v) is 2.39. The van der Waals surface area contributed by atoms with E-state index in [9.17, 15) is 4.79 Å². The van der Waals surface area contributed by atoms with Crippen LogP contribution in [0.5, 0.6) is 11.5 Å². The highest BCUT2D eigenvalue weighted by atomic mass is 16.5. The molecule has 0 aromatic heterocycles. The van der Waals surface area contributed by atoms with Gasteiger partial charge >= 0.3 is 0 Å². The van der Waals surface area contributed by atoms with Gasteiger partial charge in [-0.05, 0) is 19.1 Å². The van der Waals surface area contributed by atoms with E-state index in [2.05, 4.69) is 22.5 Å². The maximum Gasteiger partial charge on any atom is 0.238 e. The third-order valence-electron chi connectivity index (χ3n) is 3.67. The SMILES string of the molecule is COc1ccc(NC(=O)CN2CCNC[C@@H]2C)c(OC)c1. The summed E-state index contributed by atoms with van der Waals surface area (Å²) < 4.78 is 10.4. The zero-order chi connectivity index (χ0) is 15.2. The van der Waals surface area contributed by atoms with Crippen LogP contribution in [0.4, 0.5) is 5.69 Å². The number of anilines is 1. The monoisotopic (exact) mass is 293 g/mol. The molecule has 1 heterocycles. The Hall–Kier alpha value is -1.79. The quantitative estimate of drug-likeness (QED) is 0.846. The van der Waals surface area contributed by atoms with E-state index in [1.165, 1.54) is 0 Å². The van der Waals surface area contributed by atoms with Gasteiger partial charge in [-0.15, -0.1) is 0 Å². The van der Waals surface area contributed by atoms with Gasteiger partial charge in [-0.1, -0.05) is 0 Å². The van der Waals surface area contributed by atoms with Crippen molar-refractivity contribution in [1.82, 2.24) is 10.2 Å². The van der Waals surface area contributed by atoms with Gasteiger partial charge in [0.25, 0.3) is 0 Å². The molecule has 1 aromatic carbocycles. The summed E-state index contributed by atoms with van der Waals surface area (Å²) in [4.78, 5) is 14.4. The van der Waals surface area contributed by atoms with Crippen LogP contribution in [0.2, 0.25) is 0 Å². The predicted octanol–water partition coefficient (Wildman–Crippen LogP) is 0.936. The smallest absolute Gasteiger partial charge is 0.238 e. The number of carbonyl (C=O) groups is 1. The summed E-state index contributed by atoms with van der Waals surface area (Å²) in [7, 11) is 3.17. The Morgan fingerprint density at radius 3 is 2.90 bits per heavy atom. The summed E-state index contributed by atoms with van der Waals surface area (Å²) in [5, 5.41) is 6.21. The number of nitrogens with one attached hydrogen (secondary N) is 2. The van der Waals surface area contributed by atoms with Crippen LogP contribution in [0.15, 0.2) is 18.2 Å². The molecule has 0 unspecified atom stereocenters. The molecule has 1 aliphatic rings. The Morgan fingerprint density at radius 2 is 2.24 bits per heavy atom. The second kappa shape index (κ2) is 7.28. The molecule has 0 aliphatic carbocycles. The standard InChI is InChI=1S/C15H23N3O3/c1-11-9-16-6-7-18(11)10-15(19)17-13-5-4-12(20-2)8-14(13)21-3/h4-5,8,11,16H,6-7,9-10H2,1-3H3,(H,17,19)/t11-/m0/s1. The van der Waals surface area contributed by atoms with Crippen LogP contribution in [0, 0.1) is 0 Å². The molecule has 116 valence electrons. The number of hydrogen-bond donors (Lipinski definition) is 2. The molecule has 1 aromatic rings. The minimum Gasteiger partial charge on any atom is -0.497 e. The summed E-state index contributed by atoms with van der Waals surface area (Å²) in [6, 6.07) is 5.70. The summed E-state index contributed by atoms with van der Waals surface area (Å²) in [5.41, 5.74) is 0.658. The number of ether oxygens (including phenoxy) is 2. The molecular formula is C15H23N3O3. The first-order valence-corrected chi connectivity index (χ1v) is 7.10. The van der Waals surface area contributed by atoms with E-state index in [0.29, 0.717) is 29.8 Å². The van der Waals surface area contributed by atoms with Gasteiger partial charge < -0.3 is 20.1 Å². The highest BCUT2D eigenvalue weighted by Gasteiger charge is 2.20. The van der Waals surface area contributed by atoms with Gasteiger partial charge in [0.05, 0.1) is 26.5 Å². The van der Waals surface area contributed by atoms with Gasteiger partial charge in [0.1, 0.15) is 11.5 Å². The number of benzene rings is 1. The topological polar surface area (TPSA) is 62.8 Å². The molecule has 21 heavy (non-hydrogen) atoms. The maximum absolute atomic E-state index is 12.2. The Labute approximate surface area is 125 Å². The van der Waals surface area contributed by atoms with E-state index in [0.717, 1.165) is 19.6 Å². The van der Waals surface area contributed by atoms with Crippen LogP contribution < -0.4 is 20.1 Å². The average Bonchev–Trinajstić information content (AvgIpc) is 2.50. The fraction of sp³-hybridized carbons (Fsp3) is 0.533. The molecule has 0 saturated carbocycles. The van der Waals surface area contributed by atoms with Crippen LogP contribution in [-0.2, 0) is 4.79 Å². The van der Waals surface area contributed by atoms with Gasteiger partial charge in [0.15, 0.2) is 0 Å². The van der Waals surface area contributed by atoms with E-state index >= 15 is 0 Å². The first-order valence-electron chi connectivity index (χ1n) is 7.10. The molecule has 1 aliphatic heterocycles. The molecule has 2 N–H and O–H groups in total. The number of rotatable bonds is 5. The summed E-state index contributed by atoms with van der Waals surface area (Å²) >= 11 is 0. The molecule has 0 radical (unpaired) electrons. The summed E-state index contributed by atoms with van der Waals surface area (Å²) in [6.45, 7) is 5.22. The minimum absolute atomic E-state index is 0.0350. The van der Waals surface area contributed by atoms with Crippen molar-refractivity contribution in [3.63, 3.8) is 0 Å². The molecule has 2 rings (SSSR count). The first kappa shape index (κ1) is 15.6. The first-order chi connectivity index (χ1) is 10.1. The lowest BCUT2D eigenvalue weighted by Crippen LogP contribution is -2.51. The molecule has 1 fully saturated rings. The lowest BCUT2D eigenvalue weighted by Gasteiger charge is -2.33. The fourth-order valence-electron chi connectivity index (χ4n) is 2.39. The summed E-state index contributed by atoms with van der Waals surface area (Å²) in [6.07, 6.45) is 0. The predicted molar refractivity (Wildman–Crippen MR) is 82.1 cm³/mol. The maximum atomic E-state index is 12.2. The van der Waals surface area contributed by atoms with Gasteiger partial charge in [0, 0.05) is 31.7 Å². The van der Waals surface area contributed by atoms with Crippen molar-refractivity contribution < 1.29 is 14.3 Å². The van der Waals surface area contributed by atoms with Crippen LogP contribution >= 0.6 is 0 Å². The van der Waals surface area contributed by atoms with Gasteiger partial charge in [-0.2, -0.15) is 0 Å². The minimum atomic E-state index is -0.0350. The number of carbonyl (C=O) groups excluding carboxylic acids is 1. The molecule has 1 atom stereocenters. The van der Waals surface area contributed by atoms with Crippen molar-refractivity contribution in [3.8, 4) is 11.5 Å². The Bertz CT molecular complexity index is 493. The molecule has 1 amide bonds. The third-order valence-corrected chi connectivity index (χ3v) is 3.67. The van der Waals surface area contributed by atoms with Crippen LogP contribution in [0.1, 0.15) is 6.92 Å². The highest BCUT2D eigenvalue weighted by Crippen LogP contribution is 2.28. The van der Waals surface area contributed by atoms with Crippen LogP contribution in [0.25, 0.3) is 0 Å². The third kappa shape index (κ3) is 4.09. The number of nitrogens with zero attached hydrogens (tertiary/aromatic N) is 1. The Balaban J connectivity index is 1.98. The van der Waals surface area contributed by atoms with Crippen LogP contribution in [0.3, 0.4) is 0 Å². The van der Waals surface area contributed by atoms with Gasteiger partial charge in [-0.3, -0.25) is 9.69 Å². The van der Waals surface area contributed by atoms with Crippen molar-refractivity contribution >= 4 is 11.6 Å². The Morgan fingerprint density at radius 1 is 1.43 bits per heavy atom. The zero-order valence-corrected chi connectivity index (χ0v) is 12.8. The Kier molecular flexibility index (Phi) is 5.41. The van der Waals surface area contributed by atoms with E-state index in [1.807, 2.05) is 0 Å². The normalized spacial score (nSPS) is 19.1. The lowest BCUT2D eigenvalue weighted by molar-refractivity contribution is -0.118. The largest absolute Gasteiger partial charge is 0.497 e. The molecule has 6 nitrogen and oxygen atoms in total. The second-order valence-corrected chi connectivity index (χ2v) is 5.14.